The Hall–Kier alpha value is -2.66. The van der Waals surface area contributed by atoms with E-state index >= 15 is 0 Å². The van der Waals surface area contributed by atoms with E-state index in [1.54, 1.807) is 18.2 Å². The summed E-state index contributed by atoms with van der Waals surface area (Å²) in [6.07, 6.45) is 6.07. The molecule has 2 atom stereocenters. The lowest BCUT2D eigenvalue weighted by Crippen LogP contribution is -2.43. The fourth-order valence-corrected chi connectivity index (χ4v) is 6.81. The quantitative estimate of drug-likeness (QED) is 0.661. The zero-order valence-electron chi connectivity index (χ0n) is 17.2. The van der Waals surface area contributed by atoms with Crippen LogP contribution in [-0.4, -0.2) is 15.6 Å². The highest BCUT2D eigenvalue weighted by molar-refractivity contribution is 6.30. The van der Waals surface area contributed by atoms with E-state index in [0.717, 1.165) is 36.1 Å². The minimum absolute atomic E-state index is 0.0929. The summed E-state index contributed by atoms with van der Waals surface area (Å²) in [4.78, 5) is 31.5. The first-order chi connectivity index (χ1) is 15.0. The van der Waals surface area contributed by atoms with Crippen LogP contribution in [0.5, 0.6) is 0 Å². The molecule has 4 aliphatic rings. The van der Waals surface area contributed by atoms with E-state index in [4.69, 9.17) is 16.6 Å². The molecule has 1 N–H and O–H groups in total. The van der Waals surface area contributed by atoms with Gasteiger partial charge in [0.15, 0.2) is 0 Å². The number of carbonyl (C=O) groups is 1. The number of para-hydroxylation sites is 1. The van der Waals surface area contributed by atoms with Gasteiger partial charge in [-0.15, -0.1) is 0 Å². The molecule has 1 amide bonds. The number of hydrogen-bond donors (Lipinski definition) is 1. The summed E-state index contributed by atoms with van der Waals surface area (Å²) in [6, 6.07) is 14.6. The molecule has 1 heterocycles. The fourth-order valence-electron chi connectivity index (χ4n) is 6.68. The third-order valence-electron chi connectivity index (χ3n) is 7.73. The Morgan fingerprint density at radius 2 is 1.77 bits per heavy atom. The monoisotopic (exact) mass is 433 g/mol. The molecule has 1 aromatic heterocycles. The second-order valence-corrected chi connectivity index (χ2v) is 10.1. The maximum absolute atomic E-state index is 13.5. The molecule has 0 spiro atoms. The molecule has 4 aliphatic carbocycles. The van der Waals surface area contributed by atoms with Crippen LogP contribution in [0, 0.1) is 17.8 Å². The molecule has 5 nitrogen and oxygen atoms in total. The highest BCUT2D eigenvalue weighted by atomic mass is 35.5. The van der Waals surface area contributed by atoms with Gasteiger partial charge in [0.05, 0.1) is 17.3 Å². The summed E-state index contributed by atoms with van der Waals surface area (Å²) in [5.74, 6) is 2.54. The van der Waals surface area contributed by atoms with Gasteiger partial charge in [0.2, 0.25) is 5.91 Å². The second-order valence-electron chi connectivity index (χ2n) is 9.63. The van der Waals surface area contributed by atoms with Crippen LogP contribution in [0.1, 0.15) is 43.5 Å². The van der Waals surface area contributed by atoms with Gasteiger partial charge in [-0.1, -0.05) is 35.9 Å². The number of aromatic nitrogens is 2. The molecule has 4 saturated carbocycles. The summed E-state index contributed by atoms with van der Waals surface area (Å²) in [5, 5.41) is 1.17. The van der Waals surface area contributed by atoms with Gasteiger partial charge in [-0.25, -0.2) is 9.66 Å². The van der Waals surface area contributed by atoms with Crippen molar-refractivity contribution in [1.29, 1.82) is 0 Å². The van der Waals surface area contributed by atoms with Gasteiger partial charge in [0.1, 0.15) is 5.82 Å². The van der Waals surface area contributed by atoms with Gasteiger partial charge < -0.3 is 0 Å². The number of amides is 1. The second kappa shape index (κ2) is 6.92. The average Bonchev–Trinajstić information content (AvgIpc) is 3.16. The van der Waals surface area contributed by atoms with Crippen molar-refractivity contribution < 1.29 is 4.79 Å². The molecule has 4 bridgehead atoms. The number of nitrogens with zero attached hydrogens (tertiary/aromatic N) is 2. The standard InChI is InChI=1S/C25H24ClN3O2/c26-19-7-5-15(6-8-19)12-22(30)28-29-23(31)20-3-1-2-4-21(20)27-24(29)25-13-16-9-17(14-25)11-18(25)10-16/h1-8,16-18H,9-14H2,(H,28,30). The molecule has 6 heteroatoms. The number of halogens is 1. The molecule has 2 aromatic carbocycles. The smallest absolute Gasteiger partial charge is 0.273 e. The summed E-state index contributed by atoms with van der Waals surface area (Å²) in [6.45, 7) is 0. The summed E-state index contributed by atoms with van der Waals surface area (Å²) >= 11 is 5.96. The number of carbonyl (C=O) groups excluding carboxylic acids is 1. The van der Waals surface area contributed by atoms with E-state index in [9.17, 15) is 9.59 Å². The maximum Gasteiger partial charge on any atom is 0.280 e. The third kappa shape index (κ3) is 3.01. The fraction of sp³-hybridized carbons (Fsp3) is 0.400. The first kappa shape index (κ1) is 19.1. The molecule has 0 saturated heterocycles. The number of benzene rings is 2. The van der Waals surface area contributed by atoms with Gasteiger partial charge in [0.25, 0.3) is 5.56 Å². The minimum atomic E-state index is -0.225. The Morgan fingerprint density at radius 1 is 1.06 bits per heavy atom. The van der Waals surface area contributed by atoms with Crippen LogP contribution >= 0.6 is 11.6 Å². The minimum Gasteiger partial charge on any atom is -0.273 e. The van der Waals surface area contributed by atoms with E-state index < -0.39 is 0 Å². The van der Waals surface area contributed by atoms with Crippen molar-refractivity contribution in [3.8, 4) is 0 Å². The topological polar surface area (TPSA) is 64.0 Å². The molecule has 4 fully saturated rings. The largest absolute Gasteiger partial charge is 0.280 e. The maximum atomic E-state index is 13.5. The van der Waals surface area contributed by atoms with Gasteiger partial charge in [-0.2, -0.15) is 0 Å². The molecule has 3 aromatic rings. The van der Waals surface area contributed by atoms with Gasteiger partial charge >= 0.3 is 0 Å². The van der Waals surface area contributed by atoms with Crippen LogP contribution in [0.15, 0.2) is 53.3 Å². The molecular weight excluding hydrogens is 410 g/mol. The number of nitrogens with one attached hydrogen (secondary N) is 1. The van der Waals surface area contributed by atoms with Crippen LogP contribution in [0.3, 0.4) is 0 Å². The van der Waals surface area contributed by atoms with Gasteiger partial charge in [-0.3, -0.25) is 15.0 Å². The van der Waals surface area contributed by atoms with E-state index in [0.29, 0.717) is 21.8 Å². The third-order valence-corrected chi connectivity index (χ3v) is 7.98. The molecule has 158 valence electrons. The summed E-state index contributed by atoms with van der Waals surface area (Å²) < 4.78 is 1.48. The van der Waals surface area contributed by atoms with E-state index in [-0.39, 0.29) is 23.3 Å². The van der Waals surface area contributed by atoms with Crippen LogP contribution in [0.2, 0.25) is 5.02 Å². The van der Waals surface area contributed by atoms with Crippen molar-refractivity contribution in [2.45, 2.75) is 43.9 Å². The van der Waals surface area contributed by atoms with Crippen LogP contribution in [-0.2, 0) is 16.6 Å². The van der Waals surface area contributed by atoms with Crippen molar-refractivity contribution >= 4 is 28.4 Å². The van der Waals surface area contributed by atoms with Crippen molar-refractivity contribution in [3.05, 3.63) is 75.3 Å². The Balaban J connectivity index is 1.43. The zero-order chi connectivity index (χ0) is 21.2. The average molecular weight is 434 g/mol. The first-order valence-electron chi connectivity index (χ1n) is 11.1. The predicted octanol–water partition coefficient (Wildman–Crippen LogP) is 4.44. The molecule has 31 heavy (non-hydrogen) atoms. The lowest BCUT2D eigenvalue weighted by atomic mass is 9.75. The lowest BCUT2D eigenvalue weighted by Gasteiger charge is -2.34. The first-order valence-corrected chi connectivity index (χ1v) is 11.5. The highest BCUT2D eigenvalue weighted by Crippen LogP contribution is 2.65. The summed E-state index contributed by atoms with van der Waals surface area (Å²) in [5.41, 5.74) is 4.20. The highest BCUT2D eigenvalue weighted by Gasteiger charge is 2.60. The molecule has 0 radical (unpaired) electrons. The molecule has 0 aliphatic heterocycles. The number of fused-ring (bicyclic) bond motifs is 1. The van der Waals surface area contributed by atoms with Crippen molar-refractivity contribution in [2.75, 3.05) is 5.43 Å². The Bertz CT molecular complexity index is 1240. The number of rotatable bonds is 4. The lowest BCUT2D eigenvalue weighted by molar-refractivity contribution is -0.116. The number of hydrogen-bond acceptors (Lipinski definition) is 3. The zero-order valence-corrected chi connectivity index (χ0v) is 17.9. The SMILES string of the molecule is O=C(Cc1ccc(Cl)cc1)Nn1c(C23CC4CC(CC2C4)C3)nc2ccccc2c1=O. The predicted molar refractivity (Wildman–Crippen MR) is 121 cm³/mol. The van der Waals surface area contributed by atoms with Crippen molar-refractivity contribution in [1.82, 2.24) is 9.66 Å². The van der Waals surface area contributed by atoms with E-state index in [1.165, 1.54) is 23.9 Å². The molecular formula is C25H24ClN3O2. The van der Waals surface area contributed by atoms with Crippen LogP contribution in [0.25, 0.3) is 10.9 Å². The Kier molecular flexibility index (Phi) is 4.26. The van der Waals surface area contributed by atoms with E-state index in [2.05, 4.69) is 5.43 Å². The van der Waals surface area contributed by atoms with E-state index in [1.807, 2.05) is 30.3 Å². The Morgan fingerprint density at radius 3 is 2.52 bits per heavy atom. The summed E-state index contributed by atoms with van der Waals surface area (Å²) in [7, 11) is 0. The van der Waals surface area contributed by atoms with Crippen LogP contribution < -0.4 is 11.0 Å². The molecule has 7 rings (SSSR count). The van der Waals surface area contributed by atoms with Gasteiger partial charge in [0, 0.05) is 10.4 Å². The van der Waals surface area contributed by atoms with Crippen molar-refractivity contribution in [2.24, 2.45) is 17.8 Å². The normalized spacial score (nSPS) is 28.4. The van der Waals surface area contributed by atoms with Gasteiger partial charge in [-0.05, 0) is 79.7 Å². The van der Waals surface area contributed by atoms with Crippen molar-refractivity contribution in [3.63, 3.8) is 0 Å². The molecule has 2 unspecified atom stereocenters. The van der Waals surface area contributed by atoms with Crippen LogP contribution in [0.4, 0.5) is 0 Å². The Labute approximate surface area is 185 Å².